The highest BCUT2D eigenvalue weighted by Crippen LogP contribution is 2.35. The molecule has 0 radical (unpaired) electrons. The van der Waals surface area contributed by atoms with E-state index in [1.165, 1.54) is 28.6 Å². The van der Waals surface area contributed by atoms with Crippen molar-refractivity contribution in [1.82, 2.24) is 25.3 Å². The molecule has 6 nitrogen and oxygen atoms in total. The Bertz CT molecular complexity index is 1320. The molecule has 3 heterocycles. The van der Waals surface area contributed by atoms with Crippen molar-refractivity contribution in [2.75, 3.05) is 19.6 Å². The highest BCUT2D eigenvalue weighted by atomic mass is 35.5. The molecular formula is C25H25ClF3N5OS. The van der Waals surface area contributed by atoms with Gasteiger partial charge in [0.25, 0.3) is 5.91 Å². The number of piperazine rings is 1. The van der Waals surface area contributed by atoms with Crippen LogP contribution in [-0.4, -0.2) is 51.8 Å². The Kier molecular flexibility index (Phi) is 7.04. The second-order valence-electron chi connectivity index (χ2n) is 8.93. The summed E-state index contributed by atoms with van der Waals surface area (Å²) in [5, 5.41) is 11.7. The summed E-state index contributed by atoms with van der Waals surface area (Å²) in [5.41, 5.74) is 0.760. The van der Waals surface area contributed by atoms with E-state index in [1.54, 1.807) is 6.20 Å². The van der Waals surface area contributed by atoms with E-state index < -0.39 is 11.7 Å². The molecule has 2 saturated heterocycles. The molecule has 2 fully saturated rings. The van der Waals surface area contributed by atoms with Gasteiger partial charge in [0.05, 0.1) is 28.7 Å². The number of hydrogen-bond donors (Lipinski definition) is 2. The van der Waals surface area contributed by atoms with Crippen molar-refractivity contribution in [1.29, 1.82) is 0 Å². The molecule has 0 bridgehead atoms. The Morgan fingerprint density at radius 3 is 2.86 bits per heavy atom. The van der Waals surface area contributed by atoms with E-state index in [9.17, 15) is 18.0 Å². The number of hydrogen-bond acceptors (Lipinski definition) is 5. The number of halogens is 4. The molecule has 2 aliphatic rings. The van der Waals surface area contributed by atoms with Gasteiger partial charge in [0.2, 0.25) is 0 Å². The lowest BCUT2D eigenvalue weighted by atomic mass is 10.1. The van der Waals surface area contributed by atoms with Gasteiger partial charge in [0, 0.05) is 36.1 Å². The van der Waals surface area contributed by atoms with Gasteiger partial charge in [-0.2, -0.15) is 18.3 Å². The molecule has 0 saturated carbocycles. The Morgan fingerprint density at radius 1 is 1.25 bits per heavy atom. The standard InChI is InChI=1S/C25H25ClF3N5OS/c1-2-19-14-33(8-7-30-19)24-32-23(35)22(36-24)10-15-3-6-21-17(9-15)12-31-34(21)13-16-4-5-18(26)11-20(16)25(27,28)29/h3-6,9-12,19,24,30H,2,7-8,13-14H2,1H3,(H,32,35)/b22-10-/t19-,24?/m0/s1. The van der Waals surface area contributed by atoms with E-state index in [2.05, 4.69) is 27.6 Å². The first-order chi connectivity index (χ1) is 17.2. The zero-order valence-electron chi connectivity index (χ0n) is 19.5. The molecule has 3 aromatic rings. The molecule has 0 spiro atoms. The average molecular weight is 536 g/mol. The number of aromatic nitrogens is 2. The second-order valence-corrected chi connectivity index (χ2v) is 10.5. The van der Waals surface area contributed by atoms with Gasteiger partial charge in [-0.3, -0.25) is 14.4 Å². The summed E-state index contributed by atoms with van der Waals surface area (Å²) in [6, 6.07) is 9.73. The largest absolute Gasteiger partial charge is 0.416 e. The molecule has 2 aliphatic heterocycles. The fraction of sp³-hybridized carbons (Fsp3) is 0.360. The minimum atomic E-state index is -4.51. The molecule has 36 heavy (non-hydrogen) atoms. The Balaban J connectivity index is 1.35. The van der Waals surface area contributed by atoms with Crippen LogP contribution in [0.2, 0.25) is 5.02 Å². The van der Waals surface area contributed by atoms with Crippen molar-refractivity contribution in [3.63, 3.8) is 0 Å². The fourth-order valence-corrected chi connectivity index (χ4v) is 5.86. The predicted molar refractivity (Wildman–Crippen MR) is 136 cm³/mol. The van der Waals surface area contributed by atoms with Crippen molar-refractivity contribution >= 4 is 46.2 Å². The lowest BCUT2D eigenvalue weighted by Crippen LogP contribution is -2.55. The van der Waals surface area contributed by atoms with Crippen molar-refractivity contribution < 1.29 is 18.0 Å². The van der Waals surface area contributed by atoms with Crippen LogP contribution >= 0.6 is 23.4 Å². The van der Waals surface area contributed by atoms with Crippen LogP contribution in [0, 0.1) is 0 Å². The van der Waals surface area contributed by atoms with E-state index in [-0.39, 0.29) is 28.5 Å². The SMILES string of the molecule is CC[C@H]1CN(C2NC(=O)/C(=C/c3ccc4c(cnn4Cc4ccc(Cl)cc4C(F)(F)F)c3)S2)CCN1. The second kappa shape index (κ2) is 10.1. The summed E-state index contributed by atoms with van der Waals surface area (Å²) in [5.74, 6) is -0.102. The minimum absolute atomic E-state index is 0.0345. The van der Waals surface area contributed by atoms with Crippen LogP contribution < -0.4 is 10.6 Å². The third-order valence-corrected chi connectivity index (χ3v) is 7.92. The molecule has 190 valence electrons. The van der Waals surface area contributed by atoms with Gasteiger partial charge in [-0.25, -0.2) is 0 Å². The van der Waals surface area contributed by atoms with Crippen LogP contribution in [0.15, 0.2) is 47.5 Å². The van der Waals surface area contributed by atoms with Crippen LogP contribution in [-0.2, 0) is 17.5 Å². The summed E-state index contributed by atoms with van der Waals surface area (Å²) in [6.07, 6.45) is -0.0100. The zero-order valence-corrected chi connectivity index (χ0v) is 21.1. The fourth-order valence-electron chi connectivity index (χ4n) is 4.57. The van der Waals surface area contributed by atoms with E-state index in [0.717, 1.165) is 43.1 Å². The Labute approximate surface area is 215 Å². The normalized spacial score (nSPS) is 22.5. The number of nitrogens with one attached hydrogen (secondary N) is 2. The Morgan fingerprint density at radius 2 is 2.08 bits per heavy atom. The molecular weight excluding hydrogens is 511 g/mol. The maximum absolute atomic E-state index is 13.5. The van der Waals surface area contributed by atoms with E-state index in [1.807, 2.05) is 24.3 Å². The quantitative estimate of drug-likeness (QED) is 0.454. The zero-order chi connectivity index (χ0) is 25.4. The number of benzene rings is 2. The van der Waals surface area contributed by atoms with Crippen molar-refractivity contribution in [3.05, 3.63) is 69.2 Å². The first-order valence-corrected chi connectivity index (χ1v) is 12.9. The monoisotopic (exact) mass is 535 g/mol. The Hall–Kier alpha value is -2.53. The highest BCUT2D eigenvalue weighted by Gasteiger charge is 2.35. The number of amides is 1. The molecule has 11 heteroatoms. The summed E-state index contributed by atoms with van der Waals surface area (Å²) < 4.78 is 42.0. The van der Waals surface area contributed by atoms with Crippen molar-refractivity contribution in [3.8, 4) is 0 Å². The number of alkyl halides is 3. The number of rotatable bonds is 5. The first kappa shape index (κ1) is 25.1. The summed E-state index contributed by atoms with van der Waals surface area (Å²) in [4.78, 5) is 15.5. The molecule has 5 rings (SSSR count). The third-order valence-electron chi connectivity index (χ3n) is 6.49. The first-order valence-electron chi connectivity index (χ1n) is 11.7. The van der Waals surface area contributed by atoms with Gasteiger partial charge in [-0.1, -0.05) is 42.4 Å². The maximum atomic E-state index is 13.5. The minimum Gasteiger partial charge on any atom is -0.327 e. The van der Waals surface area contributed by atoms with Gasteiger partial charge in [-0.05, 0) is 47.9 Å². The molecule has 2 atom stereocenters. The number of carbonyl (C=O) groups is 1. The predicted octanol–water partition coefficient (Wildman–Crippen LogP) is 4.93. The molecule has 2 aromatic carbocycles. The summed E-state index contributed by atoms with van der Waals surface area (Å²) in [6.45, 7) is 4.76. The molecule has 0 aliphatic carbocycles. The van der Waals surface area contributed by atoms with Crippen molar-refractivity contribution in [2.45, 2.75) is 37.6 Å². The van der Waals surface area contributed by atoms with E-state index in [4.69, 9.17) is 11.6 Å². The topological polar surface area (TPSA) is 62.2 Å². The summed E-state index contributed by atoms with van der Waals surface area (Å²) >= 11 is 7.31. The van der Waals surface area contributed by atoms with Crippen LogP contribution in [0.1, 0.15) is 30.0 Å². The van der Waals surface area contributed by atoms with Gasteiger partial charge >= 0.3 is 6.18 Å². The number of nitrogens with zero attached hydrogens (tertiary/aromatic N) is 3. The molecule has 1 unspecified atom stereocenters. The molecule has 1 amide bonds. The van der Waals surface area contributed by atoms with Gasteiger partial charge < -0.3 is 10.6 Å². The van der Waals surface area contributed by atoms with Crippen molar-refractivity contribution in [2.24, 2.45) is 0 Å². The van der Waals surface area contributed by atoms with Crippen LogP contribution in [0.25, 0.3) is 17.0 Å². The third kappa shape index (κ3) is 5.27. The lowest BCUT2D eigenvalue weighted by Gasteiger charge is -2.36. The maximum Gasteiger partial charge on any atom is 0.416 e. The lowest BCUT2D eigenvalue weighted by molar-refractivity contribution is -0.138. The highest BCUT2D eigenvalue weighted by molar-refractivity contribution is 8.05. The molecule has 2 N–H and O–H groups in total. The average Bonchev–Trinajstić information content (AvgIpc) is 3.42. The molecule has 1 aromatic heterocycles. The van der Waals surface area contributed by atoms with Crippen LogP contribution in [0.4, 0.5) is 13.2 Å². The summed E-state index contributed by atoms with van der Waals surface area (Å²) in [7, 11) is 0. The van der Waals surface area contributed by atoms with Gasteiger partial charge in [0.1, 0.15) is 5.50 Å². The van der Waals surface area contributed by atoms with Crippen LogP contribution in [0.3, 0.4) is 0 Å². The number of fused-ring (bicyclic) bond motifs is 1. The number of thioether (sulfide) groups is 1. The number of carbonyl (C=O) groups excluding carboxylic acids is 1. The van der Waals surface area contributed by atoms with E-state index in [0.29, 0.717) is 16.5 Å². The van der Waals surface area contributed by atoms with E-state index >= 15 is 0 Å². The van der Waals surface area contributed by atoms with Gasteiger partial charge in [-0.15, -0.1) is 0 Å². The smallest absolute Gasteiger partial charge is 0.327 e. The van der Waals surface area contributed by atoms with Crippen LogP contribution in [0.5, 0.6) is 0 Å². The van der Waals surface area contributed by atoms with Gasteiger partial charge in [0.15, 0.2) is 0 Å².